The lowest BCUT2D eigenvalue weighted by Crippen LogP contribution is -2.01. The largest absolute Gasteiger partial charge is 0.247 e. The Morgan fingerprint density at radius 2 is 0.766 bits per heavy atom. The second kappa shape index (κ2) is 15.7. The van der Waals surface area contributed by atoms with Crippen LogP contribution >= 0.6 is 0 Å². The van der Waals surface area contributed by atoms with E-state index in [4.69, 9.17) is 15.0 Å². The summed E-state index contributed by atoms with van der Waals surface area (Å²) in [6, 6.07) is 84.0. The lowest BCUT2D eigenvalue weighted by molar-refractivity contribution is 1.18. The molecule has 0 saturated heterocycles. The minimum absolute atomic E-state index is 0.679. The first-order valence-electron chi connectivity index (χ1n) is 21.8. The standard InChI is InChI=1S/C61H39N3/c1-4-17-40(18-5-1)42-31-34-45(35-32-42)61-63-59(43-20-6-2-7-21-43)56(60(64-61)44-22-8-3-9-23-44)48-26-16-25-47(38-48)53-39-54-57(51-28-13-12-27-50(51)53)52-29-14-15-30-55(52)62-58(54)49-36-33-41-19-10-11-24-46(41)37-49/h1-39H. The molecule has 0 aliphatic heterocycles. The zero-order valence-electron chi connectivity index (χ0n) is 34.9. The molecule has 0 aliphatic rings. The van der Waals surface area contributed by atoms with Gasteiger partial charge < -0.3 is 0 Å². The van der Waals surface area contributed by atoms with E-state index in [0.29, 0.717) is 5.82 Å². The number of benzene rings is 10. The van der Waals surface area contributed by atoms with Gasteiger partial charge >= 0.3 is 0 Å². The third kappa shape index (κ3) is 6.59. The number of hydrogen-bond donors (Lipinski definition) is 0. The Balaban J connectivity index is 1.09. The van der Waals surface area contributed by atoms with Gasteiger partial charge in [-0.3, -0.25) is 0 Å². The Morgan fingerprint density at radius 1 is 0.250 bits per heavy atom. The van der Waals surface area contributed by atoms with E-state index in [1.807, 2.05) is 6.07 Å². The van der Waals surface area contributed by atoms with Gasteiger partial charge in [-0.15, -0.1) is 0 Å². The molecule has 0 N–H and O–H groups in total. The quantitative estimate of drug-likeness (QED) is 0.150. The molecule has 12 aromatic rings. The Kier molecular flexibility index (Phi) is 9.16. The first-order valence-corrected chi connectivity index (χ1v) is 21.8. The Labute approximate surface area is 371 Å². The van der Waals surface area contributed by atoms with Gasteiger partial charge in [0.25, 0.3) is 0 Å². The molecular formula is C61H39N3. The van der Waals surface area contributed by atoms with Crippen LogP contribution in [0.25, 0.3) is 122 Å². The van der Waals surface area contributed by atoms with Crippen molar-refractivity contribution in [3.05, 3.63) is 237 Å². The summed E-state index contributed by atoms with van der Waals surface area (Å²) in [6.07, 6.45) is 0. The molecule has 0 bridgehead atoms. The monoisotopic (exact) mass is 813 g/mol. The van der Waals surface area contributed by atoms with Gasteiger partial charge in [0.2, 0.25) is 0 Å². The minimum atomic E-state index is 0.679. The summed E-state index contributed by atoms with van der Waals surface area (Å²) >= 11 is 0. The van der Waals surface area contributed by atoms with Crippen LogP contribution in [-0.4, -0.2) is 15.0 Å². The molecule has 3 nitrogen and oxygen atoms in total. The van der Waals surface area contributed by atoms with Crippen molar-refractivity contribution < 1.29 is 0 Å². The van der Waals surface area contributed by atoms with Crippen molar-refractivity contribution in [2.75, 3.05) is 0 Å². The van der Waals surface area contributed by atoms with Crippen LogP contribution in [0, 0.1) is 0 Å². The third-order valence-corrected chi connectivity index (χ3v) is 12.4. The number of nitrogens with zero attached hydrogens (tertiary/aromatic N) is 3. The predicted molar refractivity (Wildman–Crippen MR) is 268 cm³/mol. The second-order valence-corrected chi connectivity index (χ2v) is 16.3. The van der Waals surface area contributed by atoms with Gasteiger partial charge in [0.15, 0.2) is 5.82 Å². The fraction of sp³-hybridized carbons (Fsp3) is 0. The van der Waals surface area contributed by atoms with Crippen molar-refractivity contribution in [3.63, 3.8) is 0 Å². The van der Waals surface area contributed by atoms with Gasteiger partial charge in [-0.25, -0.2) is 15.0 Å². The molecule has 2 aromatic heterocycles. The highest BCUT2D eigenvalue weighted by Crippen LogP contribution is 2.45. The average Bonchev–Trinajstić information content (AvgIpc) is 3.38. The summed E-state index contributed by atoms with van der Waals surface area (Å²) in [7, 11) is 0. The molecule has 0 saturated carbocycles. The molecule has 0 aliphatic carbocycles. The molecule has 64 heavy (non-hydrogen) atoms. The van der Waals surface area contributed by atoms with Gasteiger partial charge in [-0.05, 0) is 73.6 Å². The number of aromatic nitrogens is 3. The molecule has 0 atom stereocenters. The van der Waals surface area contributed by atoms with Crippen molar-refractivity contribution in [1.29, 1.82) is 0 Å². The second-order valence-electron chi connectivity index (χ2n) is 16.3. The molecule has 12 rings (SSSR count). The van der Waals surface area contributed by atoms with Gasteiger partial charge in [-0.2, -0.15) is 0 Å². The van der Waals surface area contributed by atoms with Crippen LogP contribution in [0.15, 0.2) is 237 Å². The fourth-order valence-corrected chi connectivity index (χ4v) is 9.37. The summed E-state index contributed by atoms with van der Waals surface area (Å²) in [5.41, 5.74) is 14.4. The number of fused-ring (bicyclic) bond motifs is 6. The first-order chi connectivity index (χ1) is 31.7. The Hall–Kier alpha value is -8.53. The highest BCUT2D eigenvalue weighted by atomic mass is 14.9. The van der Waals surface area contributed by atoms with E-state index in [2.05, 4.69) is 231 Å². The van der Waals surface area contributed by atoms with Crippen molar-refractivity contribution in [2.45, 2.75) is 0 Å². The van der Waals surface area contributed by atoms with Crippen molar-refractivity contribution >= 4 is 43.2 Å². The zero-order valence-corrected chi connectivity index (χ0v) is 34.9. The summed E-state index contributed by atoms with van der Waals surface area (Å²) in [4.78, 5) is 16.3. The zero-order chi connectivity index (χ0) is 42.4. The van der Waals surface area contributed by atoms with Crippen LogP contribution in [0.5, 0.6) is 0 Å². The molecule has 10 aromatic carbocycles. The Bertz CT molecular complexity index is 3630. The van der Waals surface area contributed by atoms with Crippen molar-refractivity contribution in [3.8, 4) is 78.5 Å². The van der Waals surface area contributed by atoms with Crippen LogP contribution in [0.2, 0.25) is 0 Å². The van der Waals surface area contributed by atoms with E-state index < -0.39 is 0 Å². The minimum Gasteiger partial charge on any atom is -0.247 e. The maximum atomic E-state index is 5.45. The SMILES string of the molecule is c1ccc(-c2ccc(-c3nc(-c4ccccc4)c(-c4cccc(-c5cc6c(-c7ccc8ccccc8c7)nc7ccccc7c6c6ccccc56)c4)c(-c4ccccc4)n3)cc2)cc1. The summed E-state index contributed by atoms with van der Waals surface area (Å²) < 4.78 is 0. The summed E-state index contributed by atoms with van der Waals surface area (Å²) in [5.74, 6) is 0.679. The normalized spacial score (nSPS) is 11.4. The van der Waals surface area contributed by atoms with Crippen molar-refractivity contribution in [2.24, 2.45) is 0 Å². The number of pyridine rings is 1. The van der Waals surface area contributed by atoms with Crippen LogP contribution in [0.4, 0.5) is 0 Å². The summed E-state index contributed by atoms with van der Waals surface area (Å²) in [5, 5.41) is 8.26. The molecule has 0 fully saturated rings. The fourth-order valence-electron chi connectivity index (χ4n) is 9.37. The van der Waals surface area contributed by atoms with Gasteiger partial charge in [0, 0.05) is 44.0 Å². The maximum Gasteiger partial charge on any atom is 0.160 e. The lowest BCUT2D eigenvalue weighted by atomic mass is 9.88. The van der Waals surface area contributed by atoms with E-state index in [1.54, 1.807) is 0 Å². The van der Waals surface area contributed by atoms with E-state index in [0.717, 1.165) is 83.4 Å². The smallest absolute Gasteiger partial charge is 0.160 e. The molecule has 3 heteroatoms. The third-order valence-electron chi connectivity index (χ3n) is 12.4. The van der Waals surface area contributed by atoms with E-state index in [9.17, 15) is 0 Å². The van der Waals surface area contributed by atoms with Crippen LogP contribution in [0.3, 0.4) is 0 Å². The van der Waals surface area contributed by atoms with Crippen LogP contribution < -0.4 is 0 Å². The number of hydrogen-bond acceptors (Lipinski definition) is 3. The number of para-hydroxylation sites is 1. The molecule has 2 heterocycles. The van der Waals surface area contributed by atoms with E-state index in [-0.39, 0.29) is 0 Å². The molecule has 0 amide bonds. The van der Waals surface area contributed by atoms with Gasteiger partial charge in [-0.1, -0.05) is 212 Å². The highest BCUT2D eigenvalue weighted by molar-refractivity contribution is 6.25. The molecule has 0 spiro atoms. The van der Waals surface area contributed by atoms with Crippen LogP contribution in [0.1, 0.15) is 0 Å². The Morgan fingerprint density at radius 3 is 1.47 bits per heavy atom. The molecular weight excluding hydrogens is 775 g/mol. The highest BCUT2D eigenvalue weighted by Gasteiger charge is 2.22. The topological polar surface area (TPSA) is 38.7 Å². The van der Waals surface area contributed by atoms with Crippen molar-refractivity contribution in [1.82, 2.24) is 15.0 Å². The molecule has 298 valence electrons. The van der Waals surface area contributed by atoms with E-state index >= 15 is 0 Å². The maximum absolute atomic E-state index is 5.45. The first kappa shape index (κ1) is 37.2. The molecule has 0 unspecified atom stereocenters. The average molecular weight is 814 g/mol. The predicted octanol–water partition coefficient (Wildman–Crippen LogP) is 16.2. The van der Waals surface area contributed by atoms with Gasteiger partial charge in [0.1, 0.15) is 0 Å². The van der Waals surface area contributed by atoms with Crippen LogP contribution in [-0.2, 0) is 0 Å². The summed E-state index contributed by atoms with van der Waals surface area (Å²) in [6.45, 7) is 0. The van der Waals surface area contributed by atoms with E-state index in [1.165, 1.54) is 32.5 Å². The number of rotatable bonds is 7. The lowest BCUT2D eigenvalue weighted by Gasteiger charge is -2.19. The molecule has 0 radical (unpaired) electrons. The van der Waals surface area contributed by atoms with Gasteiger partial charge in [0.05, 0.1) is 22.6 Å².